The van der Waals surface area contributed by atoms with E-state index >= 15 is 0 Å². The van der Waals surface area contributed by atoms with Gasteiger partial charge in [-0.3, -0.25) is 9.78 Å². The number of hydrogen-bond donors (Lipinski definition) is 1. The second kappa shape index (κ2) is 10.00. The van der Waals surface area contributed by atoms with E-state index in [0.717, 1.165) is 45.4 Å². The Bertz CT molecular complexity index is 1510. The Kier molecular flexibility index (Phi) is 6.45. The van der Waals surface area contributed by atoms with E-state index in [2.05, 4.69) is 28.1 Å². The molecule has 7 nitrogen and oxygen atoms in total. The molecule has 3 aromatic heterocycles. The lowest BCUT2D eigenvalue weighted by Crippen LogP contribution is -2.31. The van der Waals surface area contributed by atoms with Crippen molar-refractivity contribution in [1.82, 2.24) is 24.6 Å². The van der Waals surface area contributed by atoms with E-state index in [4.69, 9.17) is 5.73 Å². The van der Waals surface area contributed by atoms with Crippen molar-refractivity contribution in [3.05, 3.63) is 113 Å². The summed E-state index contributed by atoms with van der Waals surface area (Å²) in [5.74, 6) is 0.419. The number of aryl methyl sites for hydroxylation is 2. The van der Waals surface area contributed by atoms with Gasteiger partial charge in [0.25, 0.3) is 5.91 Å². The molecular formula is C29H28N6O. The Morgan fingerprint density at radius 3 is 2.64 bits per heavy atom. The highest BCUT2D eigenvalue weighted by atomic mass is 16.2. The lowest BCUT2D eigenvalue weighted by molar-refractivity contribution is 0.0728. The van der Waals surface area contributed by atoms with Crippen LogP contribution in [-0.4, -0.2) is 30.6 Å². The molecule has 2 N–H and O–H groups in total. The van der Waals surface area contributed by atoms with Crippen LogP contribution in [0.5, 0.6) is 0 Å². The zero-order chi connectivity index (χ0) is 25.1. The van der Waals surface area contributed by atoms with Crippen molar-refractivity contribution in [2.75, 3.05) is 5.73 Å². The van der Waals surface area contributed by atoms with E-state index in [1.54, 1.807) is 6.20 Å². The first-order chi connectivity index (χ1) is 17.5. The Morgan fingerprint density at radius 1 is 1.03 bits per heavy atom. The zero-order valence-corrected chi connectivity index (χ0v) is 20.4. The third-order valence-electron chi connectivity index (χ3n) is 6.33. The van der Waals surface area contributed by atoms with E-state index in [1.165, 1.54) is 0 Å². The fourth-order valence-corrected chi connectivity index (χ4v) is 4.25. The molecule has 0 aliphatic heterocycles. The molecule has 0 saturated heterocycles. The van der Waals surface area contributed by atoms with Crippen molar-refractivity contribution in [2.45, 2.75) is 33.4 Å². The summed E-state index contributed by atoms with van der Waals surface area (Å²) >= 11 is 0. The molecule has 0 atom stereocenters. The lowest BCUT2D eigenvalue weighted by atomic mass is 10.1. The van der Waals surface area contributed by atoms with Crippen LogP contribution in [0.1, 0.15) is 39.7 Å². The molecule has 36 heavy (non-hydrogen) atoms. The summed E-state index contributed by atoms with van der Waals surface area (Å²) in [6.07, 6.45) is 6.45. The molecule has 0 saturated carbocycles. The standard InChI is InChI=1S/C29H28N6O/c1-3-21-9-11-25(31-17-21)19-34(18-23-7-4-5-8-27(23)35-14-6-13-32-35)29(36)22-10-12-26-24(16-22)15-20(2)28(30)33-26/h4-17H,3,18-19H2,1-2H3,(H2,30,33). The van der Waals surface area contributed by atoms with Crippen molar-refractivity contribution in [3.63, 3.8) is 0 Å². The Balaban J connectivity index is 1.52. The minimum Gasteiger partial charge on any atom is -0.383 e. The third kappa shape index (κ3) is 4.81. The number of aromatic nitrogens is 4. The molecule has 180 valence electrons. The molecule has 5 rings (SSSR count). The molecule has 2 aromatic carbocycles. The quantitative estimate of drug-likeness (QED) is 0.352. The monoisotopic (exact) mass is 476 g/mol. The van der Waals surface area contributed by atoms with Crippen LogP contribution in [0.25, 0.3) is 16.6 Å². The van der Waals surface area contributed by atoms with Crippen LogP contribution in [0.15, 0.2) is 85.3 Å². The minimum atomic E-state index is -0.0805. The van der Waals surface area contributed by atoms with Crippen LogP contribution < -0.4 is 5.73 Å². The van der Waals surface area contributed by atoms with E-state index in [1.807, 2.05) is 89.6 Å². The number of rotatable bonds is 7. The van der Waals surface area contributed by atoms with Crippen LogP contribution in [-0.2, 0) is 19.5 Å². The van der Waals surface area contributed by atoms with Crippen molar-refractivity contribution in [3.8, 4) is 5.69 Å². The van der Waals surface area contributed by atoms with E-state index in [9.17, 15) is 4.79 Å². The van der Waals surface area contributed by atoms with Gasteiger partial charge in [0.1, 0.15) is 5.82 Å². The second-order valence-corrected chi connectivity index (χ2v) is 8.85. The van der Waals surface area contributed by atoms with Crippen LogP contribution in [0.2, 0.25) is 0 Å². The third-order valence-corrected chi connectivity index (χ3v) is 6.33. The average molecular weight is 477 g/mol. The Hall–Kier alpha value is -4.52. The molecule has 0 aliphatic rings. The van der Waals surface area contributed by atoms with E-state index in [0.29, 0.717) is 24.5 Å². The number of carbonyl (C=O) groups excluding carboxylic acids is 1. The summed E-state index contributed by atoms with van der Waals surface area (Å²) in [6.45, 7) is 4.81. The van der Waals surface area contributed by atoms with Gasteiger partial charge >= 0.3 is 0 Å². The number of nitrogen functional groups attached to an aromatic ring is 1. The zero-order valence-electron chi connectivity index (χ0n) is 20.4. The van der Waals surface area contributed by atoms with E-state index in [-0.39, 0.29) is 5.91 Å². The van der Waals surface area contributed by atoms with Gasteiger partial charge in [0, 0.05) is 36.1 Å². The molecule has 1 amide bonds. The number of nitrogens with zero attached hydrogens (tertiary/aromatic N) is 5. The average Bonchev–Trinajstić information content (AvgIpc) is 3.44. The molecule has 0 spiro atoms. The minimum absolute atomic E-state index is 0.0805. The highest BCUT2D eigenvalue weighted by Gasteiger charge is 2.20. The highest BCUT2D eigenvalue weighted by Crippen LogP contribution is 2.23. The molecule has 0 bridgehead atoms. The number of fused-ring (bicyclic) bond motifs is 1. The second-order valence-electron chi connectivity index (χ2n) is 8.85. The van der Waals surface area contributed by atoms with Crippen LogP contribution in [0.3, 0.4) is 0 Å². The molecule has 0 fully saturated rings. The summed E-state index contributed by atoms with van der Waals surface area (Å²) in [7, 11) is 0. The van der Waals surface area contributed by atoms with Gasteiger partial charge in [-0.15, -0.1) is 0 Å². The number of anilines is 1. The number of para-hydroxylation sites is 1. The number of carbonyl (C=O) groups is 1. The fraction of sp³-hybridized carbons (Fsp3) is 0.172. The normalized spacial score (nSPS) is 11.1. The van der Waals surface area contributed by atoms with Gasteiger partial charge in [-0.25, -0.2) is 9.67 Å². The van der Waals surface area contributed by atoms with Gasteiger partial charge in [-0.05, 0) is 72.5 Å². The molecule has 5 aromatic rings. The van der Waals surface area contributed by atoms with Gasteiger partial charge in [0.05, 0.1) is 23.4 Å². The molecule has 0 radical (unpaired) electrons. The maximum Gasteiger partial charge on any atom is 0.254 e. The SMILES string of the molecule is CCc1ccc(CN(Cc2ccccc2-n2cccn2)C(=O)c2ccc3nc(N)c(C)cc3c2)nc1. The summed E-state index contributed by atoms with van der Waals surface area (Å²) in [6, 6.07) is 21.5. The summed E-state index contributed by atoms with van der Waals surface area (Å²) in [5, 5.41) is 5.28. The maximum atomic E-state index is 13.9. The van der Waals surface area contributed by atoms with Crippen LogP contribution >= 0.6 is 0 Å². The van der Waals surface area contributed by atoms with Crippen molar-refractivity contribution < 1.29 is 4.79 Å². The van der Waals surface area contributed by atoms with Crippen LogP contribution in [0, 0.1) is 6.92 Å². The largest absolute Gasteiger partial charge is 0.383 e. The highest BCUT2D eigenvalue weighted by molar-refractivity contribution is 5.98. The first kappa shape index (κ1) is 23.2. The molecule has 7 heteroatoms. The predicted octanol–water partition coefficient (Wildman–Crippen LogP) is 5.11. The number of benzene rings is 2. The summed E-state index contributed by atoms with van der Waals surface area (Å²) in [5.41, 5.74) is 12.1. The summed E-state index contributed by atoms with van der Waals surface area (Å²) in [4.78, 5) is 24.8. The van der Waals surface area contributed by atoms with Gasteiger partial charge in [-0.2, -0.15) is 5.10 Å². The maximum absolute atomic E-state index is 13.9. The van der Waals surface area contributed by atoms with Crippen molar-refractivity contribution >= 4 is 22.6 Å². The molecule has 3 heterocycles. The number of hydrogen-bond acceptors (Lipinski definition) is 5. The number of amides is 1. The van der Waals surface area contributed by atoms with Gasteiger partial charge in [-0.1, -0.05) is 31.2 Å². The Labute approximate surface area is 210 Å². The van der Waals surface area contributed by atoms with Crippen LogP contribution in [0.4, 0.5) is 5.82 Å². The lowest BCUT2D eigenvalue weighted by Gasteiger charge is -2.24. The first-order valence-corrected chi connectivity index (χ1v) is 12.0. The van der Waals surface area contributed by atoms with Crippen molar-refractivity contribution in [1.29, 1.82) is 0 Å². The van der Waals surface area contributed by atoms with Gasteiger partial charge in [0.2, 0.25) is 0 Å². The fourth-order valence-electron chi connectivity index (χ4n) is 4.25. The summed E-state index contributed by atoms with van der Waals surface area (Å²) < 4.78 is 1.82. The van der Waals surface area contributed by atoms with Gasteiger partial charge < -0.3 is 10.6 Å². The smallest absolute Gasteiger partial charge is 0.254 e. The number of pyridine rings is 2. The van der Waals surface area contributed by atoms with Gasteiger partial charge in [0.15, 0.2) is 0 Å². The van der Waals surface area contributed by atoms with Crippen molar-refractivity contribution in [2.24, 2.45) is 0 Å². The van der Waals surface area contributed by atoms with E-state index < -0.39 is 0 Å². The molecular weight excluding hydrogens is 448 g/mol. The predicted molar refractivity (Wildman–Crippen MR) is 142 cm³/mol. The topological polar surface area (TPSA) is 89.9 Å². The Morgan fingerprint density at radius 2 is 1.89 bits per heavy atom. The molecule has 0 aliphatic carbocycles. The first-order valence-electron chi connectivity index (χ1n) is 12.0. The number of nitrogens with two attached hydrogens (primary N) is 1. The molecule has 0 unspecified atom stereocenters.